The van der Waals surface area contributed by atoms with Crippen LogP contribution in [0.15, 0.2) is 23.6 Å². The van der Waals surface area contributed by atoms with Gasteiger partial charge in [0.25, 0.3) is 0 Å². The monoisotopic (exact) mass is 290 g/mol. The second kappa shape index (κ2) is 5.32. The van der Waals surface area contributed by atoms with Gasteiger partial charge in [-0.25, -0.2) is 9.37 Å². The first kappa shape index (κ1) is 13.2. The molecule has 0 unspecified atom stereocenters. The van der Waals surface area contributed by atoms with E-state index in [9.17, 15) is 9.18 Å². The molecule has 5 heteroatoms. The van der Waals surface area contributed by atoms with Crippen molar-refractivity contribution in [1.82, 2.24) is 4.98 Å². The molecule has 3 rings (SSSR count). The molecule has 20 heavy (non-hydrogen) atoms. The number of fused-ring (bicyclic) bond motifs is 1. The molecular formula is C15H15FN2OS. The molecular weight excluding hydrogens is 275 g/mol. The van der Waals surface area contributed by atoms with Crippen molar-refractivity contribution in [3.8, 4) is 0 Å². The average Bonchev–Trinajstić information content (AvgIpc) is 2.84. The fourth-order valence-electron chi connectivity index (χ4n) is 2.59. The molecule has 0 aliphatic carbocycles. The molecule has 104 valence electrons. The van der Waals surface area contributed by atoms with Crippen LogP contribution in [-0.4, -0.2) is 17.4 Å². The highest BCUT2D eigenvalue weighted by atomic mass is 32.1. The Balaban J connectivity index is 1.87. The van der Waals surface area contributed by atoms with E-state index in [1.54, 1.807) is 11.0 Å². The van der Waals surface area contributed by atoms with E-state index >= 15 is 0 Å². The first-order valence-corrected chi connectivity index (χ1v) is 7.52. The van der Waals surface area contributed by atoms with Gasteiger partial charge >= 0.3 is 0 Å². The number of benzene rings is 1. The standard InChI is InChI=1S/C15H15FN2OS/c1-10-17-12(9-20-10)8-14(19)18-7-3-5-11-4-2-6-13(16)15(11)18/h2,4,6,9H,3,5,7-8H2,1H3. The van der Waals surface area contributed by atoms with E-state index in [1.807, 2.05) is 18.4 Å². The van der Waals surface area contributed by atoms with Gasteiger partial charge in [0.2, 0.25) is 5.91 Å². The number of anilines is 1. The summed E-state index contributed by atoms with van der Waals surface area (Å²) in [6, 6.07) is 5.01. The lowest BCUT2D eigenvalue weighted by atomic mass is 10.0. The smallest absolute Gasteiger partial charge is 0.233 e. The number of halogens is 1. The zero-order valence-electron chi connectivity index (χ0n) is 11.2. The number of amides is 1. The number of hydrogen-bond donors (Lipinski definition) is 0. The Morgan fingerprint density at radius 2 is 2.35 bits per heavy atom. The van der Waals surface area contributed by atoms with Crippen LogP contribution in [0.3, 0.4) is 0 Å². The van der Waals surface area contributed by atoms with Crippen LogP contribution in [-0.2, 0) is 17.6 Å². The highest BCUT2D eigenvalue weighted by Gasteiger charge is 2.25. The van der Waals surface area contributed by atoms with E-state index in [1.165, 1.54) is 17.4 Å². The SMILES string of the molecule is Cc1nc(CC(=O)N2CCCc3cccc(F)c32)cs1. The van der Waals surface area contributed by atoms with Crippen molar-refractivity contribution >= 4 is 22.9 Å². The summed E-state index contributed by atoms with van der Waals surface area (Å²) >= 11 is 1.53. The minimum atomic E-state index is -0.315. The van der Waals surface area contributed by atoms with Crippen molar-refractivity contribution in [1.29, 1.82) is 0 Å². The fourth-order valence-corrected chi connectivity index (χ4v) is 3.21. The van der Waals surface area contributed by atoms with Crippen LogP contribution in [0.5, 0.6) is 0 Å². The van der Waals surface area contributed by atoms with Gasteiger partial charge < -0.3 is 4.90 Å². The van der Waals surface area contributed by atoms with Gasteiger partial charge in [-0.2, -0.15) is 0 Å². The molecule has 0 atom stereocenters. The van der Waals surface area contributed by atoms with Crippen molar-refractivity contribution in [3.05, 3.63) is 45.7 Å². The number of nitrogens with zero attached hydrogens (tertiary/aromatic N) is 2. The maximum absolute atomic E-state index is 14.0. The minimum absolute atomic E-state index is 0.0821. The van der Waals surface area contributed by atoms with Gasteiger partial charge in [0, 0.05) is 11.9 Å². The molecule has 0 fully saturated rings. The van der Waals surface area contributed by atoms with E-state index in [0.717, 1.165) is 29.1 Å². The quantitative estimate of drug-likeness (QED) is 0.851. The number of hydrogen-bond acceptors (Lipinski definition) is 3. The third kappa shape index (κ3) is 2.45. The number of aryl methyl sites for hydroxylation is 2. The van der Waals surface area contributed by atoms with Gasteiger partial charge in [0.15, 0.2) is 0 Å². The van der Waals surface area contributed by atoms with Gasteiger partial charge in [-0.05, 0) is 31.4 Å². The zero-order valence-corrected chi connectivity index (χ0v) is 12.0. The van der Waals surface area contributed by atoms with Crippen LogP contribution in [0.4, 0.5) is 10.1 Å². The molecule has 0 saturated heterocycles. The Bertz CT molecular complexity index is 653. The predicted molar refractivity (Wildman–Crippen MR) is 77.6 cm³/mol. The van der Waals surface area contributed by atoms with Gasteiger partial charge in [0.05, 0.1) is 22.8 Å². The summed E-state index contributed by atoms with van der Waals surface area (Å²) in [6.45, 7) is 2.49. The summed E-state index contributed by atoms with van der Waals surface area (Å²) in [5.41, 5.74) is 2.13. The van der Waals surface area contributed by atoms with E-state index in [0.29, 0.717) is 12.2 Å². The van der Waals surface area contributed by atoms with Crippen molar-refractivity contribution < 1.29 is 9.18 Å². The van der Waals surface area contributed by atoms with Crippen LogP contribution in [0.25, 0.3) is 0 Å². The summed E-state index contributed by atoms with van der Waals surface area (Å²) < 4.78 is 14.0. The third-order valence-corrected chi connectivity index (χ3v) is 4.29. The summed E-state index contributed by atoms with van der Waals surface area (Å²) in [5, 5.41) is 2.83. The van der Waals surface area contributed by atoms with E-state index < -0.39 is 0 Å². The fraction of sp³-hybridized carbons (Fsp3) is 0.333. The summed E-state index contributed by atoms with van der Waals surface area (Å²) in [6.07, 6.45) is 1.93. The molecule has 0 spiro atoms. The number of para-hydroxylation sites is 1. The van der Waals surface area contributed by atoms with Crippen LogP contribution in [0.2, 0.25) is 0 Å². The van der Waals surface area contributed by atoms with Gasteiger partial charge in [-0.3, -0.25) is 4.79 Å². The molecule has 1 amide bonds. The Kier molecular flexibility index (Phi) is 3.53. The maximum atomic E-state index is 14.0. The average molecular weight is 290 g/mol. The largest absolute Gasteiger partial charge is 0.309 e. The first-order valence-electron chi connectivity index (χ1n) is 6.64. The molecule has 1 aliphatic heterocycles. The van der Waals surface area contributed by atoms with Gasteiger partial charge in [-0.1, -0.05) is 12.1 Å². The van der Waals surface area contributed by atoms with Crippen LogP contribution in [0.1, 0.15) is 22.7 Å². The Labute approximate surface area is 121 Å². The summed E-state index contributed by atoms with van der Waals surface area (Å²) in [5.74, 6) is -0.397. The second-order valence-electron chi connectivity index (χ2n) is 4.93. The summed E-state index contributed by atoms with van der Waals surface area (Å²) in [4.78, 5) is 18.3. The topological polar surface area (TPSA) is 33.2 Å². The highest BCUT2D eigenvalue weighted by Crippen LogP contribution is 2.30. The molecule has 3 nitrogen and oxygen atoms in total. The molecule has 2 heterocycles. The Morgan fingerprint density at radius 3 is 3.10 bits per heavy atom. The number of thiazole rings is 1. The Morgan fingerprint density at radius 1 is 1.50 bits per heavy atom. The lowest BCUT2D eigenvalue weighted by molar-refractivity contribution is -0.118. The third-order valence-electron chi connectivity index (χ3n) is 3.47. The molecule has 0 radical (unpaired) electrons. The number of carbonyl (C=O) groups excluding carboxylic acids is 1. The molecule has 0 saturated carbocycles. The number of aromatic nitrogens is 1. The summed E-state index contributed by atoms with van der Waals surface area (Å²) in [7, 11) is 0. The van der Waals surface area contributed by atoms with Crippen molar-refractivity contribution in [2.24, 2.45) is 0 Å². The van der Waals surface area contributed by atoms with E-state index in [-0.39, 0.29) is 18.1 Å². The van der Waals surface area contributed by atoms with Crippen molar-refractivity contribution in [2.75, 3.05) is 11.4 Å². The molecule has 0 N–H and O–H groups in total. The number of carbonyl (C=O) groups is 1. The molecule has 0 bridgehead atoms. The van der Waals surface area contributed by atoms with Crippen LogP contribution in [0, 0.1) is 12.7 Å². The molecule has 1 aromatic heterocycles. The van der Waals surface area contributed by atoms with Crippen molar-refractivity contribution in [3.63, 3.8) is 0 Å². The Hall–Kier alpha value is -1.75. The minimum Gasteiger partial charge on any atom is -0.309 e. The zero-order chi connectivity index (χ0) is 14.1. The number of rotatable bonds is 2. The molecule has 1 aliphatic rings. The van der Waals surface area contributed by atoms with E-state index in [4.69, 9.17) is 0 Å². The molecule has 2 aromatic rings. The lowest BCUT2D eigenvalue weighted by Crippen LogP contribution is -2.37. The lowest BCUT2D eigenvalue weighted by Gasteiger charge is -2.29. The maximum Gasteiger partial charge on any atom is 0.233 e. The predicted octanol–water partition coefficient (Wildman–Crippen LogP) is 3.11. The molecule has 1 aromatic carbocycles. The highest BCUT2D eigenvalue weighted by molar-refractivity contribution is 7.09. The van der Waals surface area contributed by atoms with Crippen LogP contribution < -0.4 is 4.90 Å². The van der Waals surface area contributed by atoms with Gasteiger partial charge in [0.1, 0.15) is 5.82 Å². The second-order valence-corrected chi connectivity index (χ2v) is 5.99. The normalized spacial score (nSPS) is 14.2. The first-order chi connectivity index (χ1) is 9.65. The van der Waals surface area contributed by atoms with Crippen LogP contribution >= 0.6 is 11.3 Å². The van der Waals surface area contributed by atoms with Gasteiger partial charge in [-0.15, -0.1) is 11.3 Å². The van der Waals surface area contributed by atoms with Crippen molar-refractivity contribution in [2.45, 2.75) is 26.2 Å². The van der Waals surface area contributed by atoms with E-state index in [2.05, 4.69) is 4.98 Å².